The summed E-state index contributed by atoms with van der Waals surface area (Å²) >= 11 is 0. The second-order valence-electron chi connectivity index (χ2n) is 4.68. The Balaban J connectivity index is 1.94. The maximum atomic E-state index is 13.9. The number of anilines is 1. The molecule has 0 fully saturated rings. The molecule has 0 unspecified atom stereocenters. The molecular weight excluding hydrogens is 276 g/mol. The minimum absolute atomic E-state index is 0.260. The number of nitrogens with one attached hydrogen (secondary N) is 2. The van der Waals surface area contributed by atoms with E-state index in [1.54, 1.807) is 24.4 Å². The van der Waals surface area contributed by atoms with Crippen LogP contribution in [0.25, 0.3) is 10.9 Å². The van der Waals surface area contributed by atoms with Gasteiger partial charge in [0.15, 0.2) is 5.82 Å². The van der Waals surface area contributed by atoms with Crippen LogP contribution >= 0.6 is 0 Å². The zero-order chi connectivity index (χ0) is 15.0. The van der Waals surface area contributed by atoms with E-state index in [0.29, 0.717) is 5.52 Å². The van der Waals surface area contributed by atoms with E-state index in [4.69, 9.17) is 0 Å². The molecule has 0 atom stereocenters. The minimum Gasteiger partial charge on any atom is -0.317 e. The number of carbonyl (C=O) groups excluding carboxylic acids is 1. The first-order valence-corrected chi connectivity index (χ1v) is 6.25. The van der Waals surface area contributed by atoms with Gasteiger partial charge < -0.3 is 5.32 Å². The third kappa shape index (κ3) is 2.35. The lowest BCUT2D eigenvalue weighted by atomic mass is 10.1. The van der Waals surface area contributed by atoms with Crippen molar-refractivity contribution in [2.45, 2.75) is 6.92 Å². The van der Waals surface area contributed by atoms with Crippen LogP contribution in [-0.4, -0.2) is 16.1 Å². The molecule has 2 N–H and O–H groups in total. The van der Waals surface area contributed by atoms with E-state index >= 15 is 0 Å². The van der Waals surface area contributed by atoms with Crippen LogP contribution in [0.2, 0.25) is 0 Å². The van der Waals surface area contributed by atoms with Gasteiger partial charge in [0, 0.05) is 10.9 Å². The van der Waals surface area contributed by atoms with Gasteiger partial charge in [-0.2, -0.15) is 5.10 Å². The van der Waals surface area contributed by atoms with Crippen LogP contribution < -0.4 is 5.32 Å². The van der Waals surface area contributed by atoms with Crippen LogP contribution in [0, 0.1) is 18.6 Å². The number of hydrogen-bond acceptors (Lipinski definition) is 2. The molecule has 1 aromatic heterocycles. The van der Waals surface area contributed by atoms with Crippen LogP contribution in [-0.2, 0) is 0 Å². The predicted molar refractivity (Wildman–Crippen MR) is 75.1 cm³/mol. The van der Waals surface area contributed by atoms with E-state index < -0.39 is 23.2 Å². The number of nitrogens with zero attached hydrogens (tertiary/aromatic N) is 1. The molecule has 0 radical (unpaired) electrons. The summed E-state index contributed by atoms with van der Waals surface area (Å²) in [6.45, 7) is 1.50. The molecule has 4 nitrogen and oxygen atoms in total. The number of hydrogen-bond donors (Lipinski definition) is 2. The first kappa shape index (κ1) is 13.2. The number of halogens is 2. The van der Waals surface area contributed by atoms with Crippen LogP contribution in [0.15, 0.2) is 36.5 Å². The van der Waals surface area contributed by atoms with Gasteiger partial charge in [0.25, 0.3) is 5.91 Å². The van der Waals surface area contributed by atoms with E-state index in [1.807, 2.05) is 0 Å². The van der Waals surface area contributed by atoms with Gasteiger partial charge in [-0.15, -0.1) is 0 Å². The molecular formula is C15H11F2N3O. The van der Waals surface area contributed by atoms with Gasteiger partial charge in [0.2, 0.25) is 0 Å². The van der Waals surface area contributed by atoms with E-state index in [-0.39, 0.29) is 11.1 Å². The molecule has 2 aromatic carbocycles. The Morgan fingerprint density at radius 1 is 1.24 bits per heavy atom. The summed E-state index contributed by atoms with van der Waals surface area (Å²) in [6, 6.07) is 7.28. The van der Waals surface area contributed by atoms with Gasteiger partial charge >= 0.3 is 0 Å². The van der Waals surface area contributed by atoms with Gasteiger partial charge in [-0.25, -0.2) is 8.78 Å². The summed E-state index contributed by atoms with van der Waals surface area (Å²) in [6.07, 6.45) is 1.62. The molecule has 0 bridgehead atoms. The maximum Gasteiger partial charge on any atom is 0.255 e. The fraction of sp³-hybridized carbons (Fsp3) is 0.0667. The minimum atomic E-state index is -0.811. The first-order chi connectivity index (χ1) is 10.1. The molecule has 0 saturated heterocycles. The first-order valence-electron chi connectivity index (χ1n) is 6.25. The molecule has 3 aromatic rings. The molecule has 0 aliphatic carbocycles. The van der Waals surface area contributed by atoms with E-state index in [0.717, 1.165) is 11.5 Å². The Bertz CT molecular complexity index is 842. The number of fused-ring (bicyclic) bond motifs is 1. The highest BCUT2D eigenvalue weighted by Gasteiger charge is 2.15. The average Bonchev–Trinajstić information content (AvgIpc) is 2.94. The lowest BCUT2D eigenvalue weighted by Gasteiger charge is -2.09. The van der Waals surface area contributed by atoms with Crippen molar-refractivity contribution in [3.05, 3.63) is 59.3 Å². The fourth-order valence-electron chi connectivity index (χ4n) is 2.04. The number of aromatic nitrogens is 2. The number of amides is 1. The van der Waals surface area contributed by atoms with Crippen molar-refractivity contribution in [1.29, 1.82) is 0 Å². The molecule has 3 rings (SSSR count). The van der Waals surface area contributed by atoms with E-state index in [2.05, 4.69) is 15.5 Å². The van der Waals surface area contributed by atoms with Gasteiger partial charge in [-0.1, -0.05) is 12.1 Å². The highest BCUT2D eigenvalue weighted by Crippen LogP contribution is 2.22. The molecule has 106 valence electrons. The van der Waals surface area contributed by atoms with Gasteiger partial charge in [0.05, 0.1) is 11.7 Å². The SMILES string of the molecule is Cc1ccc(F)c(NC(=O)c2ccc3cn[nH]c3c2)c1F. The number of H-pyrrole nitrogens is 1. The molecule has 6 heteroatoms. The molecule has 0 aliphatic heterocycles. The van der Waals surface area contributed by atoms with Crippen molar-refractivity contribution in [3.63, 3.8) is 0 Å². The van der Waals surface area contributed by atoms with Gasteiger partial charge in [-0.3, -0.25) is 9.89 Å². The van der Waals surface area contributed by atoms with Crippen LogP contribution in [0.3, 0.4) is 0 Å². The molecule has 0 aliphatic rings. The monoisotopic (exact) mass is 287 g/mol. The second kappa shape index (κ2) is 4.97. The van der Waals surface area contributed by atoms with Crippen molar-refractivity contribution in [2.24, 2.45) is 0 Å². The second-order valence-corrected chi connectivity index (χ2v) is 4.68. The van der Waals surface area contributed by atoms with Crippen LogP contribution in [0.4, 0.5) is 14.5 Å². The zero-order valence-corrected chi connectivity index (χ0v) is 11.1. The third-order valence-electron chi connectivity index (χ3n) is 3.23. The molecule has 21 heavy (non-hydrogen) atoms. The van der Waals surface area contributed by atoms with E-state index in [9.17, 15) is 13.6 Å². The number of benzene rings is 2. The van der Waals surface area contributed by atoms with E-state index in [1.165, 1.54) is 13.0 Å². The Labute approximate surface area is 118 Å². The standard InChI is InChI=1S/C15H11F2N3O/c1-8-2-5-11(16)14(13(8)17)19-15(21)9-3-4-10-7-18-20-12(10)6-9/h2-7H,1H3,(H,18,20)(H,19,21). The third-order valence-corrected chi connectivity index (χ3v) is 3.23. The van der Waals surface area contributed by atoms with Crippen molar-refractivity contribution < 1.29 is 13.6 Å². The summed E-state index contributed by atoms with van der Waals surface area (Å²) in [5.41, 5.74) is 0.778. The highest BCUT2D eigenvalue weighted by atomic mass is 19.1. The Hall–Kier alpha value is -2.76. The number of aromatic amines is 1. The smallest absolute Gasteiger partial charge is 0.255 e. The Morgan fingerprint density at radius 3 is 2.86 bits per heavy atom. The molecule has 0 saturated carbocycles. The maximum absolute atomic E-state index is 13.9. The topological polar surface area (TPSA) is 57.8 Å². The number of rotatable bonds is 2. The molecule has 0 spiro atoms. The Morgan fingerprint density at radius 2 is 2.05 bits per heavy atom. The normalized spacial score (nSPS) is 10.8. The van der Waals surface area contributed by atoms with Crippen LogP contribution in [0.1, 0.15) is 15.9 Å². The van der Waals surface area contributed by atoms with Gasteiger partial charge in [0.1, 0.15) is 11.5 Å². The summed E-state index contributed by atoms with van der Waals surface area (Å²) in [5, 5.41) is 9.70. The van der Waals surface area contributed by atoms with Crippen molar-refractivity contribution >= 4 is 22.5 Å². The average molecular weight is 287 g/mol. The summed E-state index contributed by atoms with van der Waals surface area (Å²) in [5.74, 6) is -2.17. The quantitative estimate of drug-likeness (QED) is 0.759. The predicted octanol–water partition coefficient (Wildman–Crippen LogP) is 3.40. The van der Waals surface area contributed by atoms with Gasteiger partial charge in [-0.05, 0) is 30.7 Å². The fourth-order valence-corrected chi connectivity index (χ4v) is 2.04. The number of carbonyl (C=O) groups is 1. The molecule has 1 amide bonds. The highest BCUT2D eigenvalue weighted by molar-refractivity contribution is 6.06. The zero-order valence-electron chi connectivity index (χ0n) is 11.1. The lowest BCUT2D eigenvalue weighted by Crippen LogP contribution is -2.14. The van der Waals surface area contributed by atoms with Crippen LogP contribution in [0.5, 0.6) is 0 Å². The van der Waals surface area contributed by atoms with Crippen molar-refractivity contribution in [1.82, 2.24) is 10.2 Å². The van der Waals surface area contributed by atoms with Crippen molar-refractivity contribution in [3.8, 4) is 0 Å². The summed E-state index contributed by atoms with van der Waals surface area (Å²) in [7, 11) is 0. The summed E-state index contributed by atoms with van der Waals surface area (Å²) in [4.78, 5) is 12.1. The van der Waals surface area contributed by atoms with Crippen molar-refractivity contribution in [2.75, 3.05) is 5.32 Å². The number of aryl methyl sites for hydroxylation is 1. The lowest BCUT2D eigenvalue weighted by molar-refractivity contribution is 0.102. The summed E-state index contributed by atoms with van der Waals surface area (Å²) < 4.78 is 27.5. The Kier molecular flexibility index (Phi) is 3.13. The largest absolute Gasteiger partial charge is 0.317 e. The molecule has 1 heterocycles.